The monoisotopic (exact) mass is 394 g/mol. The Morgan fingerprint density at radius 1 is 1.42 bits per heavy atom. The molecule has 2 unspecified atom stereocenters. The van der Waals surface area contributed by atoms with Gasteiger partial charge in [-0.3, -0.25) is 14.9 Å². The molecule has 0 radical (unpaired) electrons. The molecule has 1 aromatic carbocycles. The second kappa shape index (κ2) is 6.35. The lowest BCUT2D eigenvalue weighted by atomic mass is 9.85. The van der Waals surface area contributed by atoms with Crippen LogP contribution in [-0.4, -0.2) is 27.7 Å². The smallest absolute Gasteiger partial charge is 0.356 e. The number of fused-ring (bicyclic) bond motifs is 1. The zero-order chi connectivity index (χ0) is 17.4. The molecule has 0 spiro atoms. The number of benzene rings is 1. The van der Waals surface area contributed by atoms with Crippen molar-refractivity contribution in [2.24, 2.45) is 5.92 Å². The van der Waals surface area contributed by atoms with Crippen molar-refractivity contribution in [1.29, 1.82) is 0 Å². The van der Waals surface area contributed by atoms with E-state index >= 15 is 0 Å². The van der Waals surface area contributed by atoms with E-state index in [-0.39, 0.29) is 35.9 Å². The van der Waals surface area contributed by atoms with Gasteiger partial charge in [-0.1, -0.05) is 22.9 Å². The highest BCUT2D eigenvalue weighted by Crippen LogP contribution is 2.45. The zero-order valence-corrected chi connectivity index (χ0v) is 14.5. The second-order valence-electron chi connectivity index (χ2n) is 5.75. The highest BCUT2D eigenvalue weighted by Gasteiger charge is 2.54. The van der Waals surface area contributed by atoms with E-state index in [2.05, 4.69) is 15.9 Å². The van der Waals surface area contributed by atoms with Gasteiger partial charge in [0.25, 0.3) is 5.69 Å². The molecule has 0 bridgehead atoms. The summed E-state index contributed by atoms with van der Waals surface area (Å²) in [6.07, 6.45) is 1.39. The van der Waals surface area contributed by atoms with Gasteiger partial charge in [0.15, 0.2) is 0 Å². The van der Waals surface area contributed by atoms with E-state index < -0.39 is 10.9 Å². The van der Waals surface area contributed by atoms with Crippen molar-refractivity contribution >= 4 is 33.5 Å². The molecule has 1 fully saturated rings. The fraction of sp³-hybridized carbons (Fsp3) is 0.375. The molecular weight excluding hydrogens is 380 g/mol. The highest BCUT2D eigenvalue weighted by molar-refractivity contribution is 9.11. The Balaban J connectivity index is 1.64. The SMILES string of the molecule is CCC1C(=O)N2C(C(=O)OCc3ccc([N+](=O)[O-])cc3)=C(Br)CC12. The molecule has 1 saturated heterocycles. The average Bonchev–Trinajstić information content (AvgIpc) is 2.86. The number of nitrogens with zero attached hydrogens (tertiary/aromatic N) is 2. The first kappa shape index (κ1) is 16.6. The standard InChI is InChI=1S/C16H15BrN2O5/c1-2-11-13-7-12(17)14(18(13)15(11)20)16(21)24-8-9-3-5-10(6-4-9)19(22)23/h3-6,11,13H,2,7-8H2,1H3. The number of halogens is 1. The van der Waals surface area contributed by atoms with Crippen LogP contribution in [0, 0.1) is 16.0 Å². The average molecular weight is 395 g/mol. The van der Waals surface area contributed by atoms with Gasteiger partial charge in [0, 0.05) is 23.0 Å². The molecule has 0 N–H and O–H groups in total. The van der Waals surface area contributed by atoms with Gasteiger partial charge in [-0.25, -0.2) is 4.79 Å². The summed E-state index contributed by atoms with van der Waals surface area (Å²) in [5.74, 6) is -0.637. The van der Waals surface area contributed by atoms with Crippen LogP contribution in [-0.2, 0) is 20.9 Å². The van der Waals surface area contributed by atoms with Crippen LogP contribution in [0.1, 0.15) is 25.3 Å². The normalized spacial score (nSPS) is 22.2. The minimum atomic E-state index is -0.564. The maximum Gasteiger partial charge on any atom is 0.356 e. The number of ether oxygens (including phenoxy) is 1. The number of esters is 1. The largest absolute Gasteiger partial charge is 0.456 e. The van der Waals surface area contributed by atoms with E-state index in [0.717, 1.165) is 6.42 Å². The summed E-state index contributed by atoms with van der Waals surface area (Å²) in [6.45, 7) is 1.95. The van der Waals surface area contributed by atoms with E-state index in [9.17, 15) is 19.7 Å². The Labute approximate surface area is 146 Å². The molecule has 3 rings (SSSR count). The molecule has 8 heteroatoms. The number of β-lactam (4-membered cyclic amide) rings is 1. The molecule has 1 amide bonds. The summed E-state index contributed by atoms with van der Waals surface area (Å²) in [5.41, 5.74) is 0.893. The van der Waals surface area contributed by atoms with Crippen LogP contribution in [0.3, 0.4) is 0 Å². The number of rotatable bonds is 5. The Kier molecular flexibility index (Phi) is 4.40. The molecule has 24 heavy (non-hydrogen) atoms. The summed E-state index contributed by atoms with van der Waals surface area (Å²) in [6, 6.07) is 5.82. The number of non-ortho nitro benzene ring substituents is 1. The van der Waals surface area contributed by atoms with Crippen LogP contribution >= 0.6 is 15.9 Å². The topological polar surface area (TPSA) is 89.8 Å². The number of hydrogen-bond acceptors (Lipinski definition) is 5. The van der Waals surface area contributed by atoms with Crippen LogP contribution in [0.2, 0.25) is 0 Å². The van der Waals surface area contributed by atoms with Gasteiger partial charge in [-0.05, 0) is 24.1 Å². The number of nitro benzene ring substituents is 1. The van der Waals surface area contributed by atoms with Crippen molar-refractivity contribution in [1.82, 2.24) is 4.90 Å². The minimum Gasteiger partial charge on any atom is -0.456 e. The summed E-state index contributed by atoms with van der Waals surface area (Å²) in [5, 5.41) is 10.6. The minimum absolute atomic E-state index is 0.00941. The Bertz CT molecular complexity index is 743. The van der Waals surface area contributed by atoms with Crippen molar-refractivity contribution in [3.05, 3.63) is 50.1 Å². The summed E-state index contributed by atoms with van der Waals surface area (Å²) in [4.78, 5) is 36.1. The Hall–Kier alpha value is -2.22. The van der Waals surface area contributed by atoms with E-state index in [1.54, 1.807) is 0 Å². The summed E-state index contributed by atoms with van der Waals surface area (Å²) < 4.78 is 5.95. The highest BCUT2D eigenvalue weighted by atomic mass is 79.9. The predicted octanol–water partition coefficient (Wildman–Crippen LogP) is 2.89. The van der Waals surface area contributed by atoms with E-state index in [4.69, 9.17) is 4.74 Å². The van der Waals surface area contributed by atoms with Gasteiger partial charge in [0.2, 0.25) is 5.91 Å². The van der Waals surface area contributed by atoms with Crippen LogP contribution in [0.15, 0.2) is 34.4 Å². The van der Waals surface area contributed by atoms with Gasteiger partial charge in [-0.2, -0.15) is 0 Å². The lowest BCUT2D eigenvalue weighted by Gasteiger charge is -2.43. The first-order valence-electron chi connectivity index (χ1n) is 7.56. The summed E-state index contributed by atoms with van der Waals surface area (Å²) >= 11 is 3.37. The van der Waals surface area contributed by atoms with Crippen molar-refractivity contribution in [3.63, 3.8) is 0 Å². The zero-order valence-electron chi connectivity index (χ0n) is 12.9. The van der Waals surface area contributed by atoms with Crippen molar-refractivity contribution < 1.29 is 19.2 Å². The molecule has 0 aliphatic carbocycles. The van der Waals surface area contributed by atoms with Crippen LogP contribution in [0.5, 0.6) is 0 Å². The molecule has 2 atom stereocenters. The fourth-order valence-corrected chi connectivity index (χ4v) is 3.80. The number of amides is 1. The van der Waals surface area contributed by atoms with Gasteiger partial charge < -0.3 is 9.64 Å². The maximum atomic E-state index is 12.3. The van der Waals surface area contributed by atoms with Gasteiger partial charge in [0.05, 0.1) is 16.9 Å². The quantitative estimate of drug-likeness (QED) is 0.331. The molecule has 2 heterocycles. The van der Waals surface area contributed by atoms with Gasteiger partial charge in [-0.15, -0.1) is 0 Å². The van der Waals surface area contributed by atoms with Gasteiger partial charge >= 0.3 is 5.97 Å². The lowest BCUT2D eigenvalue weighted by molar-refractivity contribution is -0.384. The Morgan fingerprint density at radius 3 is 2.67 bits per heavy atom. The second-order valence-corrected chi connectivity index (χ2v) is 6.70. The molecule has 2 aliphatic rings. The van der Waals surface area contributed by atoms with E-state index in [0.29, 0.717) is 16.5 Å². The number of carbonyl (C=O) groups is 2. The molecule has 7 nitrogen and oxygen atoms in total. The van der Waals surface area contributed by atoms with Crippen LogP contribution < -0.4 is 0 Å². The third-order valence-corrected chi connectivity index (χ3v) is 5.09. The van der Waals surface area contributed by atoms with Crippen LogP contribution in [0.25, 0.3) is 0 Å². The molecule has 0 aromatic heterocycles. The summed E-state index contributed by atoms with van der Waals surface area (Å²) in [7, 11) is 0. The number of hydrogen-bond donors (Lipinski definition) is 0. The van der Waals surface area contributed by atoms with Gasteiger partial charge in [0.1, 0.15) is 12.3 Å². The van der Waals surface area contributed by atoms with Crippen LogP contribution in [0.4, 0.5) is 5.69 Å². The molecule has 0 saturated carbocycles. The van der Waals surface area contributed by atoms with Crippen molar-refractivity contribution in [3.8, 4) is 0 Å². The molecule has 1 aromatic rings. The van der Waals surface area contributed by atoms with Crippen molar-refractivity contribution in [2.45, 2.75) is 32.4 Å². The first-order valence-corrected chi connectivity index (χ1v) is 8.35. The molecular formula is C16H15BrN2O5. The first-order chi connectivity index (χ1) is 11.4. The number of carbonyl (C=O) groups excluding carboxylic acids is 2. The molecule has 126 valence electrons. The lowest BCUT2D eigenvalue weighted by Crippen LogP contribution is -2.58. The Morgan fingerprint density at radius 2 is 2.08 bits per heavy atom. The number of nitro groups is 1. The maximum absolute atomic E-state index is 12.3. The molecule has 2 aliphatic heterocycles. The van der Waals surface area contributed by atoms with E-state index in [1.807, 2.05) is 6.92 Å². The fourth-order valence-electron chi connectivity index (χ4n) is 3.11. The third-order valence-electron chi connectivity index (χ3n) is 4.39. The van der Waals surface area contributed by atoms with E-state index in [1.165, 1.54) is 29.2 Å². The predicted molar refractivity (Wildman–Crippen MR) is 87.9 cm³/mol. The van der Waals surface area contributed by atoms with Crippen molar-refractivity contribution in [2.75, 3.05) is 0 Å². The third kappa shape index (κ3) is 2.71.